The van der Waals surface area contributed by atoms with E-state index >= 15 is 0 Å². The largest absolute Gasteiger partial charge is 0.326 e. The second kappa shape index (κ2) is 8.43. The van der Waals surface area contributed by atoms with Gasteiger partial charge in [0, 0.05) is 29.9 Å². The molecule has 0 aromatic heterocycles. The zero-order valence-electron chi connectivity index (χ0n) is 18.1. The Labute approximate surface area is 191 Å². The molecule has 1 N–H and O–H groups in total. The summed E-state index contributed by atoms with van der Waals surface area (Å²) >= 11 is 0. The Morgan fingerprint density at radius 1 is 1.00 bits per heavy atom. The maximum absolute atomic E-state index is 12.8. The van der Waals surface area contributed by atoms with Gasteiger partial charge >= 0.3 is 0 Å². The summed E-state index contributed by atoms with van der Waals surface area (Å²) < 4.78 is 0. The number of aryl methyl sites for hydroxylation is 1. The van der Waals surface area contributed by atoms with E-state index < -0.39 is 11.8 Å². The van der Waals surface area contributed by atoms with Crippen LogP contribution in [-0.2, 0) is 14.4 Å². The molecule has 0 bridgehead atoms. The summed E-state index contributed by atoms with van der Waals surface area (Å²) in [7, 11) is 0. The lowest BCUT2D eigenvalue weighted by molar-refractivity contribution is -0.122. The number of carbonyl (C=O) groups is 3. The fourth-order valence-corrected chi connectivity index (χ4v) is 4.24. The predicted molar refractivity (Wildman–Crippen MR) is 125 cm³/mol. The molecule has 3 aliphatic rings. The molecular weight excluding hydrogens is 416 g/mol. The van der Waals surface area contributed by atoms with Crippen molar-refractivity contribution in [3.05, 3.63) is 89.5 Å². The van der Waals surface area contributed by atoms with Crippen LogP contribution in [0.1, 0.15) is 17.5 Å². The van der Waals surface area contributed by atoms with E-state index in [9.17, 15) is 14.4 Å². The van der Waals surface area contributed by atoms with Gasteiger partial charge in [-0.25, -0.2) is 0 Å². The van der Waals surface area contributed by atoms with Gasteiger partial charge in [-0.15, -0.1) is 10.2 Å². The van der Waals surface area contributed by atoms with Crippen molar-refractivity contribution in [3.8, 4) is 0 Å². The summed E-state index contributed by atoms with van der Waals surface area (Å²) in [6.07, 6.45) is 7.58. The van der Waals surface area contributed by atoms with E-state index in [1.54, 1.807) is 17.0 Å². The van der Waals surface area contributed by atoms with E-state index in [-0.39, 0.29) is 24.1 Å². The number of rotatable bonds is 4. The van der Waals surface area contributed by atoms with Crippen molar-refractivity contribution in [2.75, 3.05) is 16.8 Å². The van der Waals surface area contributed by atoms with Gasteiger partial charge in [-0.2, -0.15) is 0 Å². The van der Waals surface area contributed by atoms with Gasteiger partial charge < -0.3 is 10.2 Å². The third-order valence-electron chi connectivity index (χ3n) is 6.08. The summed E-state index contributed by atoms with van der Waals surface area (Å²) in [5.74, 6) is -1.33. The van der Waals surface area contributed by atoms with Gasteiger partial charge in [-0.05, 0) is 36.8 Å². The molecule has 2 aliphatic heterocycles. The minimum Gasteiger partial charge on any atom is -0.326 e. The van der Waals surface area contributed by atoms with Crippen LogP contribution in [0.25, 0.3) is 5.70 Å². The number of allylic oxidation sites excluding steroid dienone is 3. The first-order chi connectivity index (χ1) is 16.0. The van der Waals surface area contributed by atoms with Crippen molar-refractivity contribution in [2.45, 2.75) is 13.3 Å². The Kier molecular flexibility index (Phi) is 5.30. The number of nitrogens with one attached hydrogen (secondary N) is 1. The van der Waals surface area contributed by atoms with Crippen LogP contribution < -0.4 is 10.2 Å². The summed E-state index contributed by atoms with van der Waals surface area (Å²) in [4.78, 5) is 39.0. The average molecular weight is 438 g/mol. The molecule has 2 atom stereocenters. The minimum atomic E-state index is -0.415. The van der Waals surface area contributed by atoms with Crippen molar-refractivity contribution in [1.29, 1.82) is 0 Å². The number of carbonyl (C=O) groups excluding carboxylic acids is 3. The normalized spacial score (nSPS) is 21.5. The lowest BCUT2D eigenvalue weighted by Gasteiger charge is -2.19. The third-order valence-corrected chi connectivity index (χ3v) is 6.08. The van der Waals surface area contributed by atoms with Crippen LogP contribution in [0.3, 0.4) is 0 Å². The Hall–Kier alpha value is -4.13. The summed E-state index contributed by atoms with van der Waals surface area (Å²) in [6.45, 7) is 2.35. The molecule has 2 aromatic rings. The first kappa shape index (κ1) is 20.8. The first-order valence-corrected chi connectivity index (χ1v) is 10.8. The van der Waals surface area contributed by atoms with Crippen molar-refractivity contribution in [2.24, 2.45) is 22.1 Å². The molecule has 33 heavy (non-hydrogen) atoms. The van der Waals surface area contributed by atoms with E-state index in [4.69, 9.17) is 0 Å². The first-order valence-electron chi connectivity index (χ1n) is 10.8. The lowest BCUT2D eigenvalue weighted by Crippen LogP contribution is -2.28. The highest BCUT2D eigenvalue weighted by Crippen LogP contribution is 2.34. The molecule has 7 nitrogen and oxygen atoms in total. The quantitative estimate of drug-likeness (QED) is 0.765. The number of hydrogen-bond acceptors (Lipinski definition) is 4. The molecule has 2 heterocycles. The number of benzene rings is 2. The van der Waals surface area contributed by atoms with Gasteiger partial charge in [0.05, 0.1) is 17.5 Å². The SMILES string of the molecule is Cc1ccc(N2CC(C(=O)Nc3ccc(C4=C5C=CC=CC5C(=O)N=N4)cc3)CC2=O)cc1. The number of nitrogens with zero attached hydrogens (tertiary/aromatic N) is 3. The van der Waals surface area contributed by atoms with Crippen LogP contribution >= 0.6 is 0 Å². The summed E-state index contributed by atoms with van der Waals surface area (Å²) in [5, 5.41) is 10.8. The molecule has 0 spiro atoms. The van der Waals surface area contributed by atoms with Crippen molar-refractivity contribution in [1.82, 2.24) is 0 Å². The zero-order valence-corrected chi connectivity index (χ0v) is 18.1. The highest BCUT2D eigenvalue weighted by atomic mass is 16.2. The van der Waals surface area contributed by atoms with Gasteiger partial charge in [0.1, 0.15) is 0 Å². The molecule has 7 heteroatoms. The maximum atomic E-state index is 12.8. The Morgan fingerprint density at radius 2 is 1.76 bits per heavy atom. The van der Waals surface area contributed by atoms with Gasteiger partial charge in [0.2, 0.25) is 11.8 Å². The van der Waals surface area contributed by atoms with Crippen LogP contribution in [0.5, 0.6) is 0 Å². The van der Waals surface area contributed by atoms with Crippen molar-refractivity contribution in [3.63, 3.8) is 0 Å². The van der Waals surface area contributed by atoms with Crippen molar-refractivity contribution >= 4 is 34.8 Å². The van der Waals surface area contributed by atoms with E-state index in [2.05, 4.69) is 15.5 Å². The summed E-state index contributed by atoms with van der Waals surface area (Å²) in [6, 6.07) is 15.0. The van der Waals surface area contributed by atoms with Crippen molar-refractivity contribution < 1.29 is 14.4 Å². The summed E-state index contributed by atoms with van der Waals surface area (Å²) in [5.41, 5.74) is 4.83. The van der Waals surface area contributed by atoms with Crippen LogP contribution in [0.15, 0.2) is 88.6 Å². The zero-order chi connectivity index (χ0) is 22.9. The average Bonchev–Trinajstić information content (AvgIpc) is 3.22. The second-order valence-electron chi connectivity index (χ2n) is 8.37. The number of azo groups is 1. The Bertz CT molecular complexity index is 1250. The number of amides is 3. The molecule has 1 saturated heterocycles. The standard InChI is InChI=1S/C26H22N4O3/c1-16-6-12-20(13-7-16)30-15-18(14-23(30)31)25(32)27-19-10-8-17(9-11-19)24-21-4-2-3-5-22(21)26(33)29-28-24/h2-13,18,22H,14-15H2,1H3,(H,27,32). The topological polar surface area (TPSA) is 91.2 Å². The molecule has 1 fully saturated rings. The third kappa shape index (κ3) is 4.05. The fourth-order valence-electron chi connectivity index (χ4n) is 4.24. The number of hydrogen-bond donors (Lipinski definition) is 1. The van der Waals surface area contributed by atoms with Crippen LogP contribution in [0.4, 0.5) is 11.4 Å². The smallest absolute Gasteiger partial charge is 0.276 e. The molecule has 0 radical (unpaired) electrons. The van der Waals surface area contributed by atoms with Crippen LogP contribution in [0.2, 0.25) is 0 Å². The monoisotopic (exact) mass is 438 g/mol. The van der Waals surface area contributed by atoms with Gasteiger partial charge in [-0.3, -0.25) is 14.4 Å². The van der Waals surface area contributed by atoms with Gasteiger partial charge in [-0.1, -0.05) is 54.1 Å². The molecule has 164 valence electrons. The highest BCUT2D eigenvalue weighted by molar-refractivity contribution is 6.03. The number of fused-ring (bicyclic) bond motifs is 1. The van der Waals surface area contributed by atoms with Crippen LogP contribution in [-0.4, -0.2) is 24.3 Å². The Balaban J connectivity index is 1.28. The van der Waals surface area contributed by atoms with Crippen LogP contribution in [0, 0.1) is 18.8 Å². The van der Waals surface area contributed by atoms with E-state index in [1.165, 1.54) is 0 Å². The molecule has 2 aromatic carbocycles. The van der Waals surface area contributed by atoms with E-state index in [0.717, 1.165) is 22.4 Å². The molecule has 1 aliphatic carbocycles. The van der Waals surface area contributed by atoms with E-state index in [0.29, 0.717) is 17.9 Å². The molecule has 5 rings (SSSR count). The van der Waals surface area contributed by atoms with Gasteiger partial charge in [0.25, 0.3) is 5.91 Å². The number of anilines is 2. The molecular formula is C26H22N4O3. The fraction of sp³-hybridized carbons (Fsp3) is 0.192. The molecule has 2 unspecified atom stereocenters. The maximum Gasteiger partial charge on any atom is 0.276 e. The highest BCUT2D eigenvalue weighted by Gasteiger charge is 2.35. The lowest BCUT2D eigenvalue weighted by atomic mass is 9.89. The van der Waals surface area contributed by atoms with Gasteiger partial charge in [0.15, 0.2) is 0 Å². The second-order valence-corrected chi connectivity index (χ2v) is 8.37. The molecule has 0 saturated carbocycles. The molecule has 3 amide bonds. The Morgan fingerprint density at radius 3 is 2.52 bits per heavy atom. The van der Waals surface area contributed by atoms with E-state index in [1.807, 2.05) is 67.6 Å². The predicted octanol–water partition coefficient (Wildman–Crippen LogP) is 4.43. The minimum absolute atomic E-state index is 0.0517.